The molecule has 1 atom stereocenters. The number of nitrogens with one attached hydrogen (secondary N) is 2. The minimum Gasteiger partial charge on any atom is -0.362 e. The second kappa shape index (κ2) is 10.3. The maximum Gasteiger partial charge on any atom is 0.255 e. The lowest BCUT2D eigenvalue weighted by molar-refractivity contribution is 0.0945. The molecule has 0 aromatic carbocycles. The number of pyridine rings is 1. The number of halogens is 3. The number of aromatic nitrogens is 1. The summed E-state index contributed by atoms with van der Waals surface area (Å²) in [6.45, 7) is 2.79. The Morgan fingerprint density at radius 2 is 2.23 bits per heavy atom. The van der Waals surface area contributed by atoms with Crippen LogP contribution in [-0.4, -0.2) is 44.6 Å². The van der Waals surface area contributed by atoms with Gasteiger partial charge in [0.1, 0.15) is 5.82 Å². The Labute approximate surface area is 152 Å². The summed E-state index contributed by atoms with van der Waals surface area (Å²) in [5.74, 6) is 1.15. The summed E-state index contributed by atoms with van der Waals surface area (Å²) in [4.78, 5) is 18.5. The van der Waals surface area contributed by atoms with Crippen LogP contribution in [0.4, 0.5) is 5.82 Å². The Morgan fingerprint density at radius 1 is 1.50 bits per heavy atom. The zero-order valence-electron chi connectivity index (χ0n) is 12.8. The number of amides is 1. The molecule has 1 aliphatic heterocycles. The van der Waals surface area contributed by atoms with Gasteiger partial charge in [-0.1, -0.05) is 0 Å². The second-order valence-corrected chi connectivity index (χ2v) is 6.26. The topological polar surface area (TPSA) is 57.3 Å². The lowest BCUT2D eigenvalue weighted by Crippen LogP contribution is -2.38. The average molecular weight is 414 g/mol. The average Bonchev–Trinajstić information content (AvgIpc) is 2.45. The van der Waals surface area contributed by atoms with Gasteiger partial charge in [-0.25, -0.2) is 4.98 Å². The van der Waals surface area contributed by atoms with E-state index in [1.165, 1.54) is 12.8 Å². The third kappa shape index (κ3) is 5.91. The van der Waals surface area contributed by atoms with E-state index in [1.807, 2.05) is 25.1 Å². The SMILES string of the molecule is CN(C)c1ncc(Br)cc1C(=O)NCC1CCCNC1.Cl.Cl. The van der Waals surface area contributed by atoms with Crippen molar-refractivity contribution in [2.45, 2.75) is 12.8 Å². The van der Waals surface area contributed by atoms with Crippen molar-refractivity contribution in [3.8, 4) is 0 Å². The van der Waals surface area contributed by atoms with Gasteiger partial charge >= 0.3 is 0 Å². The Balaban J connectivity index is 0.00000220. The van der Waals surface area contributed by atoms with Crippen LogP contribution in [0.2, 0.25) is 0 Å². The van der Waals surface area contributed by atoms with Crippen molar-refractivity contribution in [3.63, 3.8) is 0 Å². The fraction of sp³-hybridized carbons (Fsp3) is 0.571. The van der Waals surface area contributed by atoms with E-state index in [-0.39, 0.29) is 30.7 Å². The van der Waals surface area contributed by atoms with Gasteiger partial charge in [-0.15, -0.1) is 24.8 Å². The first-order valence-electron chi connectivity index (χ1n) is 6.89. The van der Waals surface area contributed by atoms with Crippen molar-refractivity contribution in [1.29, 1.82) is 0 Å². The Hall–Kier alpha value is -0.560. The van der Waals surface area contributed by atoms with Gasteiger partial charge in [-0.05, 0) is 53.8 Å². The first-order chi connectivity index (χ1) is 9.58. The molecule has 2 N–H and O–H groups in total. The third-order valence-corrected chi connectivity index (χ3v) is 3.89. The molecule has 1 aromatic rings. The number of piperidine rings is 1. The summed E-state index contributed by atoms with van der Waals surface area (Å²) in [6.07, 6.45) is 4.06. The van der Waals surface area contributed by atoms with E-state index in [2.05, 4.69) is 31.5 Å². The Bertz CT molecular complexity index is 482. The number of anilines is 1. The van der Waals surface area contributed by atoms with Gasteiger partial charge in [0, 0.05) is 31.3 Å². The van der Waals surface area contributed by atoms with Crippen molar-refractivity contribution in [2.24, 2.45) is 5.92 Å². The van der Waals surface area contributed by atoms with Gasteiger partial charge in [0.25, 0.3) is 5.91 Å². The molecule has 126 valence electrons. The minimum atomic E-state index is -0.0620. The van der Waals surface area contributed by atoms with Crippen LogP contribution in [0.1, 0.15) is 23.2 Å². The van der Waals surface area contributed by atoms with E-state index < -0.39 is 0 Å². The molecule has 0 spiro atoms. The van der Waals surface area contributed by atoms with Crippen molar-refractivity contribution in [3.05, 3.63) is 22.3 Å². The Morgan fingerprint density at radius 3 is 2.82 bits per heavy atom. The van der Waals surface area contributed by atoms with E-state index >= 15 is 0 Å². The van der Waals surface area contributed by atoms with Crippen LogP contribution in [0.15, 0.2) is 16.7 Å². The third-order valence-electron chi connectivity index (χ3n) is 3.45. The highest BCUT2D eigenvalue weighted by atomic mass is 79.9. The van der Waals surface area contributed by atoms with E-state index in [1.54, 1.807) is 6.20 Å². The quantitative estimate of drug-likeness (QED) is 0.795. The van der Waals surface area contributed by atoms with Crippen LogP contribution in [0.25, 0.3) is 0 Å². The lowest BCUT2D eigenvalue weighted by Gasteiger charge is -2.23. The summed E-state index contributed by atoms with van der Waals surface area (Å²) in [7, 11) is 3.77. The van der Waals surface area contributed by atoms with Gasteiger partial charge in [-0.3, -0.25) is 4.79 Å². The van der Waals surface area contributed by atoms with Crippen molar-refractivity contribution >= 4 is 52.5 Å². The molecule has 0 bridgehead atoms. The molecule has 5 nitrogen and oxygen atoms in total. The van der Waals surface area contributed by atoms with Crippen LogP contribution in [0.5, 0.6) is 0 Å². The van der Waals surface area contributed by atoms with Gasteiger partial charge in [0.2, 0.25) is 0 Å². The Kier molecular flexibility index (Phi) is 10.00. The molecule has 1 aromatic heterocycles. The van der Waals surface area contributed by atoms with Crippen LogP contribution < -0.4 is 15.5 Å². The molecule has 1 aliphatic rings. The van der Waals surface area contributed by atoms with Crippen LogP contribution in [-0.2, 0) is 0 Å². The molecule has 1 fully saturated rings. The summed E-state index contributed by atoms with van der Waals surface area (Å²) in [6, 6.07) is 1.82. The normalized spacial score (nSPS) is 17.0. The minimum absolute atomic E-state index is 0. The highest BCUT2D eigenvalue weighted by Crippen LogP contribution is 2.20. The molecule has 0 radical (unpaired) electrons. The second-order valence-electron chi connectivity index (χ2n) is 5.34. The molecular weight excluding hydrogens is 391 g/mol. The van der Waals surface area contributed by atoms with E-state index in [0.29, 0.717) is 23.8 Å². The number of hydrogen-bond acceptors (Lipinski definition) is 4. The van der Waals surface area contributed by atoms with E-state index in [4.69, 9.17) is 0 Å². The zero-order valence-corrected chi connectivity index (χ0v) is 16.0. The predicted octanol–water partition coefficient (Wildman–Crippen LogP) is 2.48. The summed E-state index contributed by atoms with van der Waals surface area (Å²) >= 11 is 3.37. The summed E-state index contributed by atoms with van der Waals surface area (Å²) < 4.78 is 0.813. The molecule has 1 saturated heterocycles. The highest BCUT2D eigenvalue weighted by molar-refractivity contribution is 9.10. The van der Waals surface area contributed by atoms with Crippen LogP contribution in [0.3, 0.4) is 0 Å². The molecule has 1 unspecified atom stereocenters. The largest absolute Gasteiger partial charge is 0.362 e. The molecule has 0 saturated carbocycles. The number of nitrogens with zero attached hydrogens (tertiary/aromatic N) is 2. The first kappa shape index (κ1) is 21.4. The standard InChI is InChI=1S/C14H21BrN4O.2ClH/c1-19(2)13-12(6-11(15)9-17-13)14(20)18-8-10-4-3-5-16-7-10;;/h6,9-10,16H,3-5,7-8H2,1-2H3,(H,18,20);2*1H. The molecule has 0 aliphatic carbocycles. The van der Waals surface area contributed by atoms with E-state index in [9.17, 15) is 4.79 Å². The van der Waals surface area contributed by atoms with Gasteiger partial charge in [0.15, 0.2) is 0 Å². The van der Waals surface area contributed by atoms with Crippen molar-refractivity contribution in [1.82, 2.24) is 15.6 Å². The van der Waals surface area contributed by atoms with Crippen LogP contribution in [0, 0.1) is 5.92 Å². The summed E-state index contributed by atoms with van der Waals surface area (Å²) in [5, 5.41) is 6.38. The van der Waals surface area contributed by atoms with Gasteiger partial charge in [-0.2, -0.15) is 0 Å². The molecule has 22 heavy (non-hydrogen) atoms. The smallest absolute Gasteiger partial charge is 0.255 e. The lowest BCUT2D eigenvalue weighted by atomic mass is 10.00. The maximum atomic E-state index is 12.3. The predicted molar refractivity (Wildman–Crippen MR) is 98.7 cm³/mol. The van der Waals surface area contributed by atoms with Gasteiger partial charge in [0.05, 0.1) is 5.56 Å². The highest BCUT2D eigenvalue weighted by Gasteiger charge is 2.18. The molecular formula is C14H23BrCl2N4O. The van der Waals surface area contributed by atoms with Crippen molar-refractivity contribution < 1.29 is 4.79 Å². The van der Waals surface area contributed by atoms with Crippen molar-refractivity contribution in [2.75, 3.05) is 38.6 Å². The van der Waals surface area contributed by atoms with E-state index in [0.717, 1.165) is 17.6 Å². The number of hydrogen-bond donors (Lipinski definition) is 2. The monoisotopic (exact) mass is 412 g/mol. The maximum absolute atomic E-state index is 12.3. The number of rotatable bonds is 4. The molecule has 2 heterocycles. The molecule has 8 heteroatoms. The van der Waals surface area contributed by atoms with Crippen LogP contribution >= 0.6 is 40.7 Å². The fourth-order valence-electron chi connectivity index (χ4n) is 2.39. The molecule has 1 amide bonds. The number of carbonyl (C=O) groups is 1. The fourth-order valence-corrected chi connectivity index (χ4v) is 2.72. The zero-order chi connectivity index (χ0) is 14.5. The first-order valence-corrected chi connectivity index (χ1v) is 7.69. The number of carbonyl (C=O) groups excluding carboxylic acids is 1. The summed E-state index contributed by atoms with van der Waals surface area (Å²) in [5.41, 5.74) is 0.605. The molecule has 2 rings (SSSR count). The van der Waals surface area contributed by atoms with Gasteiger partial charge < -0.3 is 15.5 Å².